The van der Waals surface area contributed by atoms with Crippen LogP contribution in [0.2, 0.25) is 0 Å². The van der Waals surface area contributed by atoms with Gasteiger partial charge in [0.1, 0.15) is 6.29 Å². The Morgan fingerprint density at radius 2 is 2.00 bits per heavy atom. The van der Waals surface area contributed by atoms with Crippen molar-refractivity contribution in [2.45, 2.75) is 0 Å². The predicted octanol–water partition coefficient (Wildman–Crippen LogP) is 2.54. The summed E-state index contributed by atoms with van der Waals surface area (Å²) in [4.78, 5) is 10.0. The molecule has 60 valence electrons. The Morgan fingerprint density at radius 3 is 2.67 bits per heavy atom. The van der Waals surface area contributed by atoms with E-state index in [-0.39, 0.29) is 0 Å². The quantitative estimate of drug-likeness (QED) is 0.488. The summed E-state index contributed by atoms with van der Waals surface area (Å²) >= 11 is 0. The van der Waals surface area contributed by atoms with Crippen LogP contribution in [-0.4, -0.2) is 6.29 Å². The molecule has 0 heterocycles. The summed E-state index contributed by atoms with van der Waals surface area (Å²) in [7, 11) is 0. The molecule has 0 aliphatic heterocycles. The van der Waals surface area contributed by atoms with Gasteiger partial charge in [-0.1, -0.05) is 36.9 Å². The Bertz CT molecular complexity index is 311. The van der Waals surface area contributed by atoms with E-state index in [0.717, 1.165) is 17.4 Å². The van der Waals surface area contributed by atoms with E-state index in [0.29, 0.717) is 0 Å². The number of carbonyl (C=O) groups is 1. The molecule has 0 fully saturated rings. The molecule has 0 saturated heterocycles. The molecule has 0 aromatic heterocycles. The van der Waals surface area contributed by atoms with Gasteiger partial charge in [-0.3, -0.25) is 4.79 Å². The van der Waals surface area contributed by atoms with Gasteiger partial charge in [0.15, 0.2) is 0 Å². The molecule has 0 unspecified atom stereocenters. The minimum absolute atomic E-state index is 0.764. The van der Waals surface area contributed by atoms with Crippen molar-refractivity contribution in [1.82, 2.24) is 0 Å². The minimum Gasteiger partial charge on any atom is -0.299 e. The molecule has 0 radical (unpaired) electrons. The maximum Gasteiger partial charge on any atom is 0.142 e. The van der Waals surface area contributed by atoms with Crippen LogP contribution in [0.1, 0.15) is 11.1 Å². The molecule has 0 aliphatic carbocycles. The lowest BCUT2D eigenvalue weighted by molar-refractivity contribution is -0.104. The zero-order chi connectivity index (χ0) is 8.81. The maximum absolute atomic E-state index is 10.0. The van der Waals surface area contributed by atoms with Gasteiger partial charge in [-0.05, 0) is 23.3 Å². The molecule has 1 aromatic rings. The molecular weight excluding hydrogens is 148 g/mol. The van der Waals surface area contributed by atoms with Crippen molar-refractivity contribution in [3.8, 4) is 0 Å². The molecule has 1 heteroatoms. The van der Waals surface area contributed by atoms with Crippen LogP contribution in [0.15, 0.2) is 36.9 Å². The van der Waals surface area contributed by atoms with E-state index in [4.69, 9.17) is 0 Å². The van der Waals surface area contributed by atoms with E-state index in [1.165, 1.54) is 6.08 Å². The summed E-state index contributed by atoms with van der Waals surface area (Å²) < 4.78 is 0. The summed E-state index contributed by atoms with van der Waals surface area (Å²) in [6, 6.07) is 7.80. The summed E-state index contributed by atoms with van der Waals surface area (Å²) in [6.45, 7) is 3.66. The van der Waals surface area contributed by atoms with Gasteiger partial charge in [0.25, 0.3) is 0 Å². The molecule has 1 rings (SSSR count). The molecule has 0 atom stereocenters. The van der Waals surface area contributed by atoms with Crippen LogP contribution >= 0.6 is 0 Å². The van der Waals surface area contributed by atoms with Crippen LogP contribution in [0.3, 0.4) is 0 Å². The number of hydrogen-bond acceptors (Lipinski definition) is 1. The van der Waals surface area contributed by atoms with Crippen molar-refractivity contribution in [3.63, 3.8) is 0 Å². The molecule has 0 saturated carbocycles. The Balaban J connectivity index is 2.93. The van der Waals surface area contributed by atoms with Crippen molar-refractivity contribution >= 4 is 18.4 Å². The summed E-state index contributed by atoms with van der Waals surface area (Å²) in [5.41, 5.74) is 2.07. The van der Waals surface area contributed by atoms with Crippen molar-refractivity contribution in [1.29, 1.82) is 0 Å². The van der Waals surface area contributed by atoms with Crippen LogP contribution in [-0.2, 0) is 4.79 Å². The highest BCUT2D eigenvalue weighted by molar-refractivity contribution is 5.74. The van der Waals surface area contributed by atoms with Gasteiger partial charge in [-0.25, -0.2) is 0 Å². The van der Waals surface area contributed by atoms with E-state index in [1.807, 2.05) is 24.3 Å². The highest BCUT2D eigenvalue weighted by Crippen LogP contribution is 2.07. The number of allylic oxidation sites excluding steroid dienone is 1. The Kier molecular flexibility index (Phi) is 3.03. The fraction of sp³-hybridized carbons (Fsp3) is 0. The van der Waals surface area contributed by atoms with Crippen LogP contribution in [0.5, 0.6) is 0 Å². The first-order valence-electron chi connectivity index (χ1n) is 3.71. The second kappa shape index (κ2) is 4.29. The third kappa shape index (κ3) is 2.20. The van der Waals surface area contributed by atoms with E-state index >= 15 is 0 Å². The largest absolute Gasteiger partial charge is 0.299 e. The van der Waals surface area contributed by atoms with Gasteiger partial charge in [0, 0.05) is 0 Å². The van der Waals surface area contributed by atoms with Gasteiger partial charge in [0.05, 0.1) is 0 Å². The monoisotopic (exact) mass is 158 g/mol. The maximum atomic E-state index is 10.0. The highest BCUT2D eigenvalue weighted by Gasteiger charge is 1.86. The van der Waals surface area contributed by atoms with Crippen molar-refractivity contribution in [3.05, 3.63) is 48.0 Å². The number of carbonyl (C=O) groups excluding carboxylic acids is 1. The van der Waals surface area contributed by atoms with Gasteiger partial charge in [-0.15, -0.1) is 0 Å². The van der Waals surface area contributed by atoms with E-state index in [9.17, 15) is 4.79 Å². The topological polar surface area (TPSA) is 17.1 Å². The normalized spacial score (nSPS) is 10.0. The molecule has 12 heavy (non-hydrogen) atoms. The number of rotatable bonds is 3. The third-order valence-corrected chi connectivity index (χ3v) is 1.51. The van der Waals surface area contributed by atoms with Crippen LogP contribution in [0, 0.1) is 0 Å². The zero-order valence-corrected chi connectivity index (χ0v) is 6.73. The molecular formula is C11H10O. The lowest BCUT2D eigenvalue weighted by Crippen LogP contribution is -1.74. The summed E-state index contributed by atoms with van der Waals surface area (Å²) in [5, 5.41) is 0. The van der Waals surface area contributed by atoms with Crippen molar-refractivity contribution in [2.75, 3.05) is 0 Å². The second-order valence-electron chi connectivity index (χ2n) is 2.37. The summed E-state index contributed by atoms with van der Waals surface area (Å²) in [5.74, 6) is 0. The van der Waals surface area contributed by atoms with E-state index in [2.05, 4.69) is 6.58 Å². The lowest BCUT2D eigenvalue weighted by atomic mass is 10.1. The molecule has 0 N–H and O–H groups in total. The first-order chi connectivity index (χ1) is 5.86. The van der Waals surface area contributed by atoms with Gasteiger partial charge < -0.3 is 0 Å². The van der Waals surface area contributed by atoms with Crippen LogP contribution < -0.4 is 0 Å². The third-order valence-electron chi connectivity index (χ3n) is 1.51. The Labute approximate surface area is 72.0 Å². The second-order valence-corrected chi connectivity index (χ2v) is 2.37. The minimum atomic E-state index is 0.764. The summed E-state index contributed by atoms with van der Waals surface area (Å²) in [6.07, 6.45) is 5.78. The number of hydrogen-bond donors (Lipinski definition) is 0. The van der Waals surface area contributed by atoms with Gasteiger partial charge in [0.2, 0.25) is 0 Å². The average Bonchev–Trinajstić information content (AvgIpc) is 2.15. The number of aldehydes is 1. The zero-order valence-electron chi connectivity index (χ0n) is 6.73. The lowest BCUT2D eigenvalue weighted by Gasteiger charge is -1.94. The van der Waals surface area contributed by atoms with Crippen molar-refractivity contribution in [2.24, 2.45) is 0 Å². The average molecular weight is 158 g/mol. The Morgan fingerprint density at radius 1 is 1.25 bits per heavy atom. The molecule has 0 amide bonds. The smallest absolute Gasteiger partial charge is 0.142 e. The standard InChI is InChI=1S/C11H10O/c1-2-10-5-3-6-11(9-10)7-4-8-12/h2-9H,1H2/b7-4+. The SMILES string of the molecule is C=Cc1cccc(/C=C/C=O)c1. The first-order valence-corrected chi connectivity index (χ1v) is 3.71. The molecule has 1 aromatic carbocycles. The van der Waals surface area contributed by atoms with Crippen LogP contribution in [0.4, 0.5) is 0 Å². The molecule has 1 nitrogen and oxygen atoms in total. The fourth-order valence-corrected chi connectivity index (χ4v) is 0.940. The molecule has 0 bridgehead atoms. The highest BCUT2D eigenvalue weighted by atomic mass is 16.1. The number of benzene rings is 1. The first kappa shape index (κ1) is 8.47. The molecule has 0 spiro atoms. The fourth-order valence-electron chi connectivity index (χ4n) is 0.940. The van der Waals surface area contributed by atoms with Crippen LogP contribution in [0.25, 0.3) is 12.2 Å². The predicted molar refractivity (Wildman–Crippen MR) is 51.6 cm³/mol. The van der Waals surface area contributed by atoms with E-state index < -0.39 is 0 Å². The van der Waals surface area contributed by atoms with Gasteiger partial charge >= 0.3 is 0 Å². The Hall–Kier alpha value is -1.63. The van der Waals surface area contributed by atoms with E-state index in [1.54, 1.807) is 12.2 Å². The van der Waals surface area contributed by atoms with Crippen molar-refractivity contribution < 1.29 is 4.79 Å². The molecule has 0 aliphatic rings. The van der Waals surface area contributed by atoms with Gasteiger partial charge in [-0.2, -0.15) is 0 Å².